The van der Waals surface area contributed by atoms with Gasteiger partial charge in [-0.25, -0.2) is 4.79 Å². The van der Waals surface area contributed by atoms with E-state index in [2.05, 4.69) is 26.1 Å². The SMILES string of the molecule is CCCCNC(=O)CCCn1c(=O)c2ccccc2n(CC(=O)N2C[C@@H](C)C[C@H](C)C2)c1=O. The lowest BCUT2D eigenvalue weighted by molar-refractivity contribution is -0.134. The van der Waals surface area contributed by atoms with Crippen LogP contribution in [0.3, 0.4) is 0 Å². The number of carbonyl (C=O) groups excluding carboxylic acids is 2. The molecule has 2 heterocycles. The van der Waals surface area contributed by atoms with Crippen LogP contribution in [0.1, 0.15) is 52.9 Å². The van der Waals surface area contributed by atoms with Crippen LogP contribution in [0.4, 0.5) is 0 Å². The zero-order valence-corrected chi connectivity index (χ0v) is 20.0. The monoisotopic (exact) mass is 456 g/mol. The minimum atomic E-state index is -0.503. The summed E-state index contributed by atoms with van der Waals surface area (Å²) in [6.07, 6.45) is 3.62. The molecule has 0 radical (unpaired) electrons. The molecule has 1 aromatic heterocycles. The van der Waals surface area contributed by atoms with Crippen molar-refractivity contribution in [3.8, 4) is 0 Å². The molecule has 0 unspecified atom stereocenters. The van der Waals surface area contributed by atoms with Crippen molar-refractivity contribution < 1.29 is 9.59 Å². The Balaban J connectivity index is 1.83. The molecule has 1 N–H and O–H groups in total. The molecule has 2 amide bonds. The second-order valence-corrected chi connectivity index (χ2v) is 9.39. The van der Waals surface area contributed by atoms with E-state index < -0.39 is 5.69 Å². The number of piperidine rings is 1. The molecule has 1 aliphatic heterocycles. The highest BCUT2D eigenvalue weighted by molar-refractivity contribution is 5.81. The van der Waals surface area contributed by atoms with E-state index in [4.69, 9.17) is 0 Å². The number of para-hydroxylation sites is 1. The predicted molar refractivity (Wildman–Crippen MR) is 129 cm³/mol. The molecule has 2 aromatic rings. The maximum Gasteiger partial charge on any atom is 0.331 e. The van der Waals surface area contributed by atoms with Gasteiger partial charge in [0, 0.05) is 32.6 Å². The average molecular weight is 457 g/mol. The standard InChI is InChI=1S/C25H36N4O4/c1-4-5-12-26-22(30)11-8-13-28-24(32)20-9-6-7-10-21(20)29(25(28)33)17-23(31)27-15-18(2)14-19(3)16-27/h6-7,9-10,18-19H,4-5,8,11-17H2,1-3H3,(H,26,30)/t18-,19-/m0/s1. The first kappa shape index (κ1) is 24.7. The number of amides is 2. The number of rotatable bonds is 9. The average Bonchev–Trinajstić information content (AvgIpc) is 2.78. The number of benzene rings is 1. The second kappa shape index (κ2) is 11.3. The van der Waals surface area contributed by atoms with Crippen molar-refractivity contribution in [3.63, 3.8) is 0 Å². The molecule has 0 aliphatic carbocycles. The number of likely N-dealkylation sites (tertiary alicyclic amines) is 1. The van der Waals surface area contributed by atoms with Gasteiger partial charge >= 0.3 is 5.69 Å². The molecule has 1 aromatic carbocycles. The van der Waals surface area contributed by atoms with Crippen LogP contribution in [-0.2, 0) is 22.7 Å². The Morgan fingerprint density at radius 3 is 2.42 bits per heavy atom. The summed E-state index contributed by atoms with van der Waals surface area (Å²) < 4.78 is 2.57. The maximum absolute atomic E-state index is 13.3. The van der Waals surface area contributed by atoms with Gasteiger partial charge in [0.05, 0.1) is 10.9 Å². The molecular formula is C25H36N4O4. The van der Waals surface area contributed by atoms with Gasteiger partial charge in [0.25, 0.3) is 5.56 Å². The minimum Gasteiger partial charge on any atom is -0.356 e. The van der Waals surface area contributed by atoms with Crippen LogP contribution in [0, 0.1) is 11.8 Å². The Bertz CT molecular complexity index is 1090. The largest absolute Gasteiger partial charge is 0.356 e. The summed E-state index contributed by atoms with van der Waals surface area (Å²) >= 11 is 0. The number of hydrogen-bond donors (Lipinski definition) is 1. The zero-order chi connectivity index (χ0) is 24.0. The fraction of sp³-hybridized carbons (Fsp3) is 0.600. The number of hydrogen-bond acceptors (Lipinski definition) is 4. The van der Waals surface area contributed by atoms with Crippen molar-refractivity contribution in [2.24, 2.45) is 11.8 Å². The molecule has 8 nitrogen and oxygen atoms in total. The van der Waals surface area contributed by atoms with E-state index in [1.54, 1.807) is 24.3 Å². The summed E-state index contributed by atoms with van der Waals surface area (Å²) in [6.45, 7) is 8.36. The molecule has 0 spiro atoms. The van der Waals surface area contributed by atoms with Crippen molar-refractivity contribution in [2.45, 2.75) is 66.0 Å². The molecule has 180 valence electrons. The molecule has 2 atom stereocenters. The highest BCUT2D eigenvalue weighted by Crippen LogP contribution is 2.21. The molecule has 1 fully saturated rings. The van der Waals surface area contributed by atoms with Crippen molar-refractivity contribution in [2.75, 3.05) is 19.6 Å². The number of nitrogens with zero attached hydrogens (tertiary/aromatic N) is 3. The van der Waals surface area contributed by atoms with Gasteiger partial charge in [0.15, 0.2) is 0 Å². The highest BCUT2D eigenvalue weighted by atomic mass is 16.2. The fourth-order valence-electron chi connectivity index (χ4n) is 4.71. The van der Waals surface area contributed by atoms with E-state index in [9.17, 15) is 19.2 Å². The van der Waals surface area contributed by atoms with Crippen LogP contribution < -0.4 is 16.6 Å². The summed E-state index contributed by atoms with van der Waals surface area (Å²) in [6, 6.07) is 6.90. The van der Waals surface area contributed by atoms with Crippen molar-refractivity contribution in [1.29, 1.82) is 0 Å². The zero-order valence-electron chi connectivity index (χ0n) is 20.0. The van der Waals surface area contributed by atoms with E-state index in [0.717, 1.165) is 23.8 Å². The minimum absolute atomic E-state index is 0.0823. The van der Waals surface area contributed by atoms with E-state index in [0.29, 0.717) is 48.8 Å². The Kier molecular flexibility index (Phi) is 8.47. The Morgan fingerprint density at radius 1 is 1.03 bits per heavy atom. The van der Waals surface area contributed by atoms with Gasteiger partial charge < -0.3 is 10.2 Å². The van der Waals surface area contributed by atoms with Crippen LogP contribution in [0.2, 0.25) is 0 Å². The molecule has 0 saturated carbocycles. The molecule has 33 heavy (non-hydrogen) atoms. The Morgan fingerprint density at radius 2 is 1.73 bits per heavy atom. The molecular weight excluding hydrogens is 420 g/mol. The molecule has 1 aliphatic rings. The first-order valence-electron chi connectivity index (χ1n) is 12.1. The van der Waals surface area contributed by atoms with E-state index in [1.807, 2.05) is 4.90 Å². The van der Waals surface area contributed by atoms with Gasteiger partial charge in [-0.1, -0.05) is 39.3 Å². The maximum atomic E-state index is 13.3. The van der Waals surface area contributed by atoms with Crippen LogP contribution in [0.25, 0.3) is 10.9 Å². The number of carbonyl (C=O) groups is 2. The number of nitrogens with one attached hydrogen (secondary N) is 1. The van der Waals surface area contributed by atoms with Crippen LogP contribution in [0.5, 0.6) is 0 Å². The highest BCUT2D eigenvalue weighted by Gasteiger charge is 2.26. The van der Waals surface area contributed by atoms with Gasteiger partial charge in [-0.2, -0.15) is 0 Å². The number of unbranched alkanes of at least 4 members (excludes halogenated alkanes) is 1. The third kappa shape index (κ3) is 6.12. The van der Waals surface area contributed by atoms with E-state index in [1.165, 1.54) is 4.57 Å². The van der Waals surface area contributed by atoms with Gasteiger partial charge in [0.1, 0.15) is 6.54 Å². The van der Waals surface area contributed by atoms with Crippen LogP contribution in [0.15, 0.2) is 33.9 Å². The topological polar surface area (TPSA) is 93.4 Å². The summed E-state index contributed by atoms with van der Waals surface area (Å²) in [4.78, 5) is 53.2. The first-order chi connectivity index (χ1) is 15.8. The summed E-state index contributed by atoms with van der Waals surface area (Å²) in [7, 11) is 0. The lowest BCUT2D eigenvalue weighted by Gasteiger charge is -2.35. The summed E-state index contributed by atoms with van der Waals surface area (Å²) in [5.74, 6) is 0.648. The van der Waals surface area contributed by atoms with Crippen molar-refractivity contribution >= 4 is 22.7 Å². The van der Waals surface area contributed by atoms with Crippen molar-refractivity contribution in [1.82, 2.24) is 19.4 Å². The van der Waals surface area contributed by atoms with Crippen molar-refractivity contribution in [3.05, 3.63) is 45.1 Å². The Hall–Kier alpha value is -2.90. The smallest absolute Gasteiger partial charge is 0.331 e. The third-order valence-corrected chi connectivity index (χ3v) is 6.29. The first-order valence-corrected chi connectivity index (χ1v) is 12.1. The van der Waals surface area contributed by atoms with E-state index in [-0.39, 0.29) is 36.9 Å². The predicted octanol–water partition coefficient (Wildman–Crippen LogP) is 2.36. The fourth-order valence-corrected chi connectivity index (χ4v) is 4.71. The van der Waals surface area contributed by atoms with E-state index >= 15 is 0 Å². The third-order valence-electron chi connectivity index (χ3n) is 6.29. The van der Waals surface area contributed by atoms with Gasteiger partial charge in [0.2, 0.25) is 11.8 Å². The normalized spacial score (nSPS) is 18.5. The molecule has 0 bridgehead atoms. The number of fused-ring (bicyclic) bond motifs is 1. The van der Waals surface area contributed by atoms with Gasteiger partial charge in [-0.3, -0.25) is 23.5 Å². The molecule has 1 saturated heterocycles. The van der Waals surface area contributed by atoms with Crippen LogP contribution >= 0.6 is 0 Å². The Labute approximate surface area is 194 Å². The van der Waals surface area contributed by atoms with Gasteiger partial charge in [-0.15, -0.1) is 0 Å². The second-order valence-electron chi connectivity index (χ2n) is 9.39. The van der Waals surface area contributed by atoms with Gasteiger partial charge in [-0.05, 0) is 43.2 Å². The summed E-state index contributed by atoms with van der Waals surface area (Å²) in [5, 5.41) is 3.25. The van der Waals surface area contributed by atoms with Crippen LogP contribution in [-0.4, -0.2) is 45.5 Å². The number of aromatic nitrogens is 2. The quantitative estimate of drug-likeness (QED) is 0.586. The lowest BCUT2D eigenvalue weighted by atomic mass is 9.92. The molecule has 8 heteroatoms. The molecule has 3 rings (SSSR count). The lowest BCUT2D eigenvalue weighted by Crippen LogP contribution is -2.47. The summed E-state index contributed by atoms with van der Waals surface area (Å²) in [5.41, 5.74) is -0.421.